The topological polar surface area (TPSA) is 26.0 Å². The molecule has 0 saturated carbocycles. The van der Waals surface area contributed by atoms with E-state index < -0.39 is 0 Å². The highest BCUT2D eigenvalue weighted by Gasteiger charge is 2.07. The molecule has 2 rings (SSSR count). The fourth-order valence-corrected chi connectivity index (χ4v) is 3.84. The highest BCUT2D eigenvalue weighted by atomic mass is 35.5. The molecule has 0 aliphatic heterocycles. The van der Waals surface area contributed by atoms with Gasteiger partial charge in [-0.15, -0.1) is 23.1 Å². The van der Waals surface area contributed by atoms with Crippen molar-refractivity contribution in [1.82, 2.24) is 0 Å². The average Bonchev–Trinajstić information content (AvgIpc) is 2.72. The first kappa shape index (κ1) is 13.9. The van der Waals surface area contributed by atoms with Crippen LogP contribution in [0.2, 0.25) is 4.34 Å². The lowest BCUT2D eigenvalue weighted by Crippen LogP contribution is -2.25. The largest absolute Gasteiger partial charge is 0.327 e. The van der Waals surface area contributed by atoms with E-state index in [0.29, 0.717) is 0 Å². The molecule has 0 spiro atoms. The minimum atomic E-state index is 0.172. The number of halogens is 1. The Balaban J connectivity index is 1.83. The van der Waals surface area contributed by atoms with E-state index in [2.05, 4.69) is 37.3 Å². The second-order valence-electron chi connectivity index (χ2n) is 4.30. The quantitative estimate of drug-likeness (QED) is 0.829. The van der Waals surface area contributed by atoms with E-state index in [1.807, 2.05) is 17.8 Å². The van der Waals surface area contributed by atoms with E-state index in [-0.39, 0.29) is 6.04 Å². The Kier molecular flexibility index (Phi) is 5.13. The molecule has 1 unspecified atom stereocenters. The van der Waals surface area contributed by atoms with Crippen LogP contribution < -0.4 is 5.73 Å². The van der Waals surface area contributed by atoms with Crippen molar-refractivity contribution in [3.8, 4) is 0 Å². The first-order chi connectivity index (χ1) is 8.63. The van der Waals surface area contributed by atoms with E-state index in [1.165, 1.54) is 15.3 Å². The van der Waals surface area contributed by atoms with E-state index >= 15 is 0 Å². The van der Waals surface area contributed by atoms with Gasteiger partial charge >= 0.3 is 0 Å². The summed E-state index contributed by atoms with van der Waals surface area (Å²) in [6, 6.07) is 12.7. The first-order valence-electron chi connectivity index (χ1n) is 5.83. The highest BCUT2D eigenvalue weighted by Crippen LogP contribution is 2.24. The molecule has 96 valence electrons. The molecular formula is C14H16ClNS2. The molecule has 0 bridgehead atoms. The maximum atomic E-state index is 6.14. The minimum Gasteiger partial charge on any atom is -0.327 e. The van der Waals surface area contributed by atoms with Crippen molar-refractivity contribution in [2.45, 2.75) is 24.3 Å². The van der Waals surface area contributed by atoms with Gasteiger partial charge in [0.2, 0.25) is 0 Å². The van der Waals surface area contributed by atoms with Gasteiger partial charge in [-0.2, -0.15) is 0 Å². The van der Waals surface area contributed by atoms with Crippen LogP contribution in [-0.4, -0.2) is 11.8 Å². The van der Waals surface area contributed by atoms with Crippen LogP contribution in [0.5, 0.6) is 0 Å². The Labute approximate surface area is 121 Å². The maximum absolute atomic E-state index is 6.14. The number of hydrogen-bond donors (Lipinski definition) is 1. The normalized spacial score (nSPS) is 12.6. The zero-order valence-corrected chi connectivity index (χ0v) is 12.6. The van der Waals surface area contributed by atoms with Gasteiger partial charge in [0.15, 0.2) is 0 Å². The lowest BCUT2D eigenvalue weighted by atomic mass is 10.2. The Hall–Kier alpha value is -0.480. The van der Waals surface area contributed by atoms with Crippen molar-refractivity contribution in [2.75, 3.05) is 5.75 Å². The van der Waals surface area contributed by atoms with E-state index in [1.54, 1.807) is 11.3 Å². The van der Waals surface area contributed by atoms with Crippen LogP contribution in [0.1, 0.15) is 10.4 Å². The van der Waals surface area contributed by atoms with Crippen molar-refractivity contribution < 1.29 is 0 Å². The molecule has 1 aromatic carbocycles. The Morgan fingerprint density at radius 2 is 2.17 bits per heavy atom. The van der Waals surface area contributed by atoms with Gasteiger partial charge < -0.3 is 5.73 Å². The molecule has 0 saturated heterocycles. The summed E-state index contributed by atoms with van der Waals surface area (Å²) in [4.78, 5) is 2.55. The van der Waals surface area contributed by atoms with Gasteiger partial charge in [0.05, 0.1) is 4.34 Å². The molecule has 0 aliphatic carbocycles. The van der Waals surface area contributed by atoms with Gasteiger partial charge in [0.25, 0.3) is 0 Å². The van der Waals surface area contributed by atoms with Gasteiger partial charge in [0, 0.05) is 21.6 Å². The van der Waals surface area contributed by atoms with Gasteiger partial charge in [-0.05, 0) is 37.6 Å². The second-order valence-corrected chi connectivity index (χ2v) is 7.19. The van der Waals surface area contributed by atoms with Crippen LogP contribution in [0.3, 0.4) is 0 Å². The molecule has 0 radical (unpaired) electrons. The van der Waals surface area contributed by atoms with Crippen molar-refractivity contribution in [3.05, 3.63) is 51.2 Å². The third-order valence-electron chi connectivity index (χ3n) is 2.55. The maximum Gasteiger partial charge on any atom is 0.0931 e. The Morgan fingerprint density at radius 3 is 2.83 bits per heavy atom. The second kappa shape index (κ2) is 6.62. The molecule has 1 atom stereocenters. The number of benzene rings is 1. The molecule has 4 heteroatoms. The fraction of sp³-hybridized carbons (Fsp3) is 0.286. The summed E-state index contributed by atoms with van der Waals surface area (Å²) >= 11 is 9.34. The number of nitrogens with two attached hydrogens (primary N) is 1. The molecular weight excluding hydrogens is 282 g/mol. The van der Waals surface area contributed by atoms with E-state index in [4.69, 9.17) is 17.3 Å². The smallest absolute Gasteiger partial charge is 0.0931 e. The third kappa shape index (κ3) is 4.32. The first-order valence-corrected chi connectivity index (χ1v) is 8.01. The molecule has 2 N–H and O–H groups in total. The number of aryl methyl sites for hydroxylation is 1. The minimum absolute atomic E-state index is 0.172. The molecule has 0 fully saturated rings. The van der Waals surface area contributed by atoms with Crippen LogP contribution in [0.15, 0.2) is 41.3 Å². The van der Waals surface area contributed by atoms with Crippen LogP contribution in [0.4, 0.5) is 0 Å². The lowest BCUT2D eigenvalue weighted by Gasteiger charge is -2.10. The van der Waals surface area contributed by atoms with Crippen LogP contribution in [0.25, 0.3) is 0 Å². The van der Waals surface area contributed by atoms with Gasteiger partial charge in [-0.1, -0.05) is 29.3 Å². The fourth-order valence-electron chi connectivity index (χ4n) is 1.69. The average molecular weight is 298 g/mol. The monoisotopic (exact) mass is 297 g/mol. The van der Waals surface area contributed by atoms with Gasteiger partial charge in [-0.3, -0.25) is 0 Å². The van der Waals surface area contributed by atoms with E-state index in [0.717, 1.165) is 16.5 Å². The van der Waals surface area contributed by atoms with Gasteiger partial charge in [0.1, 0.15) is 0 Å². The molecule has 0 aliphatic rings. The predicted octanol–water partition coefficient (Wildman–Crippen LogP) is 4.37. The number of thiophene rings is 1. The van der Waals surface area contributed by atoms with Crippen LogP contribution in [0, 0.1) is 6.92 Å². The Bertz CT molecular complexity index is 510. The zero-order chi connectivity index (χ0) is 13.0. The lowest BCUT2D eigenvalue weighted by molar-refractivity contribution is 0.757. The molecule has 1 nitrogen and oxygen atoms in total. The summed E-state index contributed by atoms with van der Waals surface area (Å²) in [7, 11) is 0. The van der Waals surface area contributed by atoms with Crippen LogP contribution in [-0.2, 0) is 6.42 Å². The highest BCUT2D eigenvalue weighted by molar-refractivity contribution is 7.99. The summed E-state index contributed by atoms with van der Waals surface area (Å²) in [5, 5.41) is 0. The molecule has 18 heavy (non-hydrogen) atoms. The summed E-state index contributed by atoms with van der Waals surface area (Å²) in [5.41, 5.74) is 7.43. The van der Waals surface area contributed by atoms with E-state index in [9.17, 15) is 0 Å². The summed E-state index contributed by atoms with van der Waals surface area (Å²) in [6.45, 7) is 2.11. The van der Waals surface area contributed by atoms with Gasteiger partial charge in [-0.25, -0.2) is 0 Å². The SMILES string of the molecule is Cc1cccc(SCC(N)Cc2ccc(Cl)s2)c1. The third-order valence-corrected chi connectivity index (χ3v) is 4.98. The molecule has 1 heterocycles. The summed E-state index contributed by atoms with van der Waals surface area (Å²) < 4.78 is 0.837. The molecule has 0 amide bonds. The van der Waals surface area contributed by atoms with Crippen molar-refractivity contribution in [3.63, 3.8) is 0 Å². The standard InChI is InChI=1S/C14H16ClNS2/c1-10-3-2-4-12(7-10)17-9-11(16)8-13-5-6-14(15)18-13/h2-7,11H,8-9,16H2,1H3. The molecule has 2 aromatic rings. The molecule has 1 aromatic heterocycles. The number of hydrogen-bond acceptors (Lipinski definition) is 3. The Morgan fingerprint density at radius 1 is 1.33 bits per heavy atom. The summed E-state index contributed by atoms with van der Waals surface area (Å²) in [6.07, 6.45) is 0.899. The summed E-state index contributed by atoms with van der Waals surface area (Å²) in [5.74, 6) is 0.930. The number of rotatable bonds is 5. The van der Waals surface area contributed by atoms with Crippen LogP contribution >= 0.6 is 34.7 Å². The van der Waals surface area contributed by atoms with Crippen molar-refractivity contribution >= 4 is 34.7 Å². The number of thioether (sulfide) groups is 1. The van der Waals surface area contributed by atoms with Crippen molar-refractivity contribution in [2.24, 2.45) is 5.73 Å². The zero-order valence-electron chi connectivity index (χ0n) is 10.2. The van der Waals surface area contributed by atoms with Crippen molar-refractivity contribution in [1.29, 1.82) is 0 Å². The predicted molar refractivity (Wildman–Crippen MR) is 82.9 cm³/mol.